The lowest BCUT2D eigenvalue weighted by atomic mass is 10.1. The second-order valence-electron chi connectivity index (χ2n) is 4.25. The van der Waals surface area contributed by atoms with Gasteiger partial charge in [-0.05, 0) is 18.8 Å². The fraction of sp³-hybridized carbons (Fsp3) is 0.700. The number of halogens is 3. The Labute approximate surface area is 106 Å². The van der Waals surface area contributed by atoms with Gasteiger partial charge in [-0.15, -0.1) is 11.3 Å². The van der Waals surface area contributed by atoms with Gasteiger partial charge < -0.3 is 4.74 Å². The van der Waals surface area contributed by atoms with Crippen LogP contribution >= 0.6 is 11.3 Å². The Bertz CT molecular complexity index is 405. The van der Waals surface area contributed by atoms with Gasteiger partial charge in [0.05, 0.1) is 12.1 Å². The zero-order valence-corrected chi connectivity index (χ0v) is 10.5. The summed E-state index contributed by atoms with van der Waals surface area (Å²) in [5.41, 5.74) is 2.53. The molecule has 8 heteroatoms. The predicted octanol–water partition coefficient (Wildman–Crippen LogP) is 2.09. The number of aromatic nitrogens is 1. The van der Waals surface area contributed by atoms with E-state index in [1.54, 1.807) is 7.11 Å². The largest absolute Gasteiger partial charge is 0.443 e. The van der Waals surface area contributed by atoms with Gasteiger partial charge >= 0.3 is 6.18 Å². The molecule has 1 aromatic rings. The summed E-state index contributed by atoms with van der Waals surface area (Å²) in [5.74, 6) is 5.79. The van der Waals surface area contributed by atoms with Crippen LogP contribution in [0.1, 0.15) is 28.8 Å². The maximum absolute atomic E-state index is 12.5. The summed E-state index contributed by atoms with van der Waals surface area (Å²) < 4.78 is 42.8. The number of hydrogen-bond acceptors (Lipinski definition) is 5. The highest BCUT2D eigenvalue weighted by Gasteiger charge is 2.40. The molecule has 1 fully saturated rings. The van der Waals surface area contributed by atoms with Crippen molar-refractivity contribution < 1.29 is 17.9 Å². The highest BCUT2D eigenvalue weighted by molar-refractivity contribution is 7.11. The van der Waals surface area contributed by atoms with E-state index < -0.39 is 17.2 Å². The number of thiazole rings is 1. The van der Waals surface area contributed by atoms with E-state index in [4.69, 9.17) is 10.6 Å². The van der Waals surface area contributed by atoms with E-state index in [1.807, 2.05) is 0 Å². The van der Waals surface area contributed by atoms with Gasteiger partial charge in [0.1, 0.15) is 0 Å². The average molecular weight is 281 g/mol. The molecule has 1 heterocycles. The molecule has 0 radical (unpaired) electrons. The first-order valence-corrected chi connectivity index (χ1v) is 6.31. The van der Waals surface area contributed by atoms with Crippen LogP contribution in [0.25, 0.3) is 0 Å². The molecular formula is C10H14F3N3OS. The van der Waals surface area contributed by atoms with Crippen molar-refractivity contribution in [2.45, 2.75) is 31.2 Å². The van der Waals surface area contributed by atoms with Crippen molar-refractivity contribution in [3.05, 3.63) is 16.1 Å². The minimum Gasteiger partial charge on any atom is -0.379 e. The fourth-order valence-corrected chi connectivity index (χ4v) is 2.80. The molecule has 0 saturated heterocycles. The molecule has 0 aliphatic heterocycles. The van der Waals surface area contributed by atoms with Crippen molar-refractivity contribution >= 4 is 11.3 Å². The van der Waals surface area contributed by atoms with Crippen molar-refractivity contribution in [2.75, 3.05) is 7.11 Å². The minimum atomic E-state index is -4.41. The Morgan fingerprint density at radius 3 is 2.61 bits per heavy atom. The summed E-state index contributed by atoms with van der Waals surface area (Å²) >= 11 is 0.603. The van der Waals surface area contributed by atoms with Crippen LogP contribution in [-0.4, -0.2) is 18.2 Å². The van der Waals surface area contributed by atoms with Crippen LogP contribution in [0.4, 0.5) is 13.2 Å². The van der Waals surface area contributed by atoms with E-state index in [0.29, 0.717) is 22.1 Å². The number of alkyl halides is 3. The van der Waals surface area contributed by atoms with Gasteiger partial charge in [-0.25, -0.2) is 10.4 Å². The molecule has 2 unspecified atom stereocenters. The SMILES string of the molecule is COC(C1CC1)C(NN)c1cnc(C(F)(F)F)s1. The lowest BCUT2D eigenvalue weighted by molar-refractivity contribution is -0.137. The smallest absolute Gasteiger partial charge is 0.379 e. The maximum Gasteiger partial charge on any atom is 0.443 e. The number of nitrogens with zero attached hydrogens (tertiary/aromatic N) is 1. The first-order chi connectivity index (χ1) is 8.47. The number of rotatable bonds is 5. The fourth-order valence-electron chi connectivity index (χ4n) is 1.93. The van der Waals surface area contributed by atoms with Gasteiger partial charge in [-0.1, -0.05) is 0 Å². The standard InChI is InChI=1S/C10H14F3N3OS/c1-17-8(5-2-3-5)7(16-14)6-4-15-9(18-6)10(11,12)13/h4-5,7-8,16H,2-3,14H2,1H3. The Hall–Kier alpha value is -0.700. The number of ether oxygens (including phenoxy) is 1. The van der Waals surface area contributed by atoms with Crippen molar-refractivity contribution in [3.63, 3.8) is 0 Å². The molecule has 2 atom stereocenters. The maximum atomic E-state index is 12.5. The van der Waals surface area contributed by atoms with E-state index in [-0.39, 0.29) is 6.10 Å². The van der Waals surface area contributed by atoms with Gasteiger partial charge in [-0.3, -0.25) is 5.84 Å². The minimum absolute atomic E-state index is 0.212. The summed E-state index contributed by atoms with van der Waals surface area (Å²) in [4.78, 5) is 3.84. The number of nitrogens with two attached hydrogens (primary N) is 1. The molecule has 0 bridgehead atoms. The van der Waals surface area contributed by atoms with Crippen LogP contribution < -0.4 is 11.3 Å². The second-order valence-corrected chi connectivity index (χ2v) is 5.31. The van der Waals surface area contributed by atoms with E-state index >= 15 is 0 Å². The quantitative estimate of drug-likeness (QED) is 0.641. The third-order valence-electron chi connectivity index (χ3n) is 2.94. The van der Waals surface area contributed by atoms with Crippen LogP contribution in [0.2, 0.25) is 0 Å². The summed E-state index contributed by atoms with van der Waals surface area (Å²) in [6, 6.07) is -0.448. The molecule has 1 aliphatic rings. The van der Waals surface area contributed by atoms with Gasteiger partial charge in [0.2, 0.25) is 0 Å². The molecule has 3 N–H and O–H groups in total. The summed E-state index contributed by atoms with van der Waals surface area (Å²) in [5, 5.41) is -0.858. The first-order valence-electron chi connectivity index (χ1n) is 5.49. The highest BCUT2D eigenvalue weighted by atomic mass is 32.1. The van der Waals surface area contributed by atoms with Crippen LogP contribution in [0, 0.1) is 5.92 Å². The Morgan fingerprint density at radius 1 is 1.56 bits per heavy atom. The average Bonchev–Trinajstić information content (AvgIpc) is 3.00. The van der Waals surface area contributed by atoms with E-state index in [2.05, 4.69) is 10.4 Å². The molecule has 1 aliphatic carbocycles. The Kier molecular flexibility index (Phi) is 3.90. The van der Waals surface area contributed by atoms with Crippen molar-refractivity contribution in [1.29, 1.82) is 0 Å². The van der Waals surface area contributed by atoms with Gasteiger partial charge in [0, 0.05) is 18.2 Å². The number of hydrazine groups is 1. The molecule has 18 heavy (non-hydrogen) atoms. The third kappa shape index (κ3) is 2.82. The van der Waals surface area contributed by atoms with Crippen molar-refractivity contribution in [2.24, 2.45) is 11.8 Å². The lowest BCUT2D eigenvalue weighted by Gasteiger charge is -2.23. The highest BCUT2D eigenvalue weighted by Crippen LogP contribution is 2.42. The predicted molar refractivity (Wildman–Crippen MR) is 60.7 cm³/mol. The van der Waals surface area contributed by atoms with Gasteiger partial charge in [-0.2, -0.15) is 13.2 Å². The Balaban J connectivity index is 2.19. The molecular weight excluding hydrogens is 267 g/mol. The van der Waals surface area contributed by atoms with E-state index in [1.165, 1.54) is 6.20 Å². The zero-order valence-electron chi connectivity index (χ0n) is 9.70. The topological polar surface area (TPSA) is 60.2 Å². The summed E-state index contributed by atoms with van der Waals surface area (Å²) in [6.45, 7) is 0. The molecule has 0 amide bonds. The monoisotopic (exact) mass is 281 g/mol. The van der Waals surface area contributed by atoms with Gasteiger partial charge in [0.15, 0.2) is 5.01 Å². The zero-order chi connectivity index (χ0) is 13.3. The van der Waals surface area contributed by atoms with Crippen LogP contribution in [0.15, 0.2) is 6.20 Å². The molecule has 0 spiro atoms. The second kappa shape index (κ2) is 5.12. The number of hydrogen-bond donors (Lipinski definition) is 2. The molecule has 1 aromatic heterocycles. The number of methoxy groups -OCH3 is 1. The summed E-state index contributed by atoms with van der Waals surface area (Å²) in [7, 11) is 1.54. The summed E-state index contributed by atoms with van der Waals surface area (Å²) in [6.07, 6.45) is -1.38. The Morgan fingerprint density at radius 2 is 2.22 bits per heavy atom. The van der Waals surface area contributed by atoms with E-state index in [0.717, 1.165) is 12.8 Å². The normalized spacial score (nSPS) is 19.8. The van der Waals surface area contributed by atoms with Crippen molar-refractivity contribution in [1.82, 2.24) is 10.4 Å². The van der Waals surface area contributed by atoms with Crippen molar-refractivity contribution in [3.8, 4) is 0 Å². The third-order valence-corrected chi connectivity index (χ3v) is 4.06. The van der Waals surface area contributed by atoms with Crippen LogP contribution in [0.5, 0.6) is 0 Å². The lowest BCUT2D eigenvalue weighted by Crippen LogP contribution is -2.38. The van der Waals surface area contributed by atoms with E-state index in [9.17, 15) is 13.2 Å². The molecule has 0 aromatic carbocycles. The van der Waals surface area contributed by atoms with Gasteiger partial charge in [0.25, 0.3) is 0 Å². The molecule has 4 nitrogen and oxygen atoms in total. The molecule has 1 saturated carbocycles. The molecule has 102 valence electrons. The van der Waals surface area contributed by atoms with Crippen LogP contribution in [-0.2, 0) is 10.9 Å². The number of nitrogens with one attached hydrogen (secondary N) is 1. The van der Waals surface area contributed by atoms with Crippen LogP contribution in [0.3, 0.4) is 0 Å². The molecule has 2 rings (SSSR count). The first kappa shape index (κ1) is 13.7.